The summed E-state index contributed by atoms with van der Waals surface area (Å²) in [5.41, 5.74) is 5.27. The van der Waals surface area contributed by atoms with Crippen LogP contribution in [-0.4, -0.2) is 22.6 Å². The number of nitrogens with zero attached hydrogens (tertiary/aromatic N) is 1. The van der Waals surface area contributed by atoms with Crippen molar-refractivity contribution in [3.8, 4) is 0 Å². The van der Waals surface area contributed by atoms with Crippen LogP contribution < -0.4 is 11.1 Å². The molecule has 0 saturated heterocycles. The van der Waals surface area contributed by atoms with Gasteiger partial charge in [-0.2, -0.15) is 0 Å². The number of pyridine rings is 1. The molecule has 0 fully saturated rings. The highest BCUT2D eigenvalue weighted by Crippen LogP contribution is 2.29. The van der Waals surface area contributed by atoms with Gasteiger partial charge in [-0.15, -0.1) is 0 Å². The van der Waals surface area contributed by atoms with Gasteiger partial charge in [0.25, 0.3) is 5.91 Å². The first kappa shape index (κ1) is 9.01. The van der Waals surface area contributed by atoms with E-state index in [1.165, 1.54) is 6.07 Å². The second-order valence-corrected chi connectivity index (χ2v) is 3.83. The Morgan fingerprint density at radius 2 is 2.36 bits per heavy atom. The predicted octanol–water partition coefficient (Wildman–Crippen LogP) is 0.225. The van der Waals surface area contributed by atoms with Gasteiger partial charge in [-0.3, -0.25) is 9.59 Å². The number of carbonyl (C=O) groups excluding carboxylic acids is 2. The van der Waals surface area contributed by atoms with Crippen LogP contribution >= 0.6 is 11.8 Å². The van der Waals surface area contributed by atoms with Gasteiger partial charge in [-0.05, 0) is 23.9 Å². The third kappa shape index (κ3) is 1.56. The molecule has 6 heteroatoms. The van der Waals surface area contributed by atoms with Crippen LogP contribution in [-0.2, 0) is 4.79 Å². The second kappa shape index (κ2) is 3.30. The van der Waals surface area contributed by atoms with Crippen LogP contribution in [0.4, 0.5) is 5.82 Å². The van der Waals surface area contributed by atoms with Crippen molar-refractivity contribution in [3.05, 3.63) is 17.8 Å². The highest BCUT2D eigenvalue weighted by Gasteiger charge is 2.17. The molecule has 0 unspecified atom stereocenters. The lowest BCUT2D eigenvalue weighted by Crippen LogP contribution is -2.20. The molecule has 0 aliphatic carbocycles. The fourth-order valence-electron chi connectivity index (χ4n) is 1.11. The summed E-state index contributed by atoms with van der Waals surface area (Å²) in [4.78, 5) is 26.6. The van der Waals surface area contributed by atoms with E-state index in [1.807, 2.05) is 0 Å². The van der Waals surface area contributed by atoms with E-state index in [9.17, 15) is 9.59 Å². The van der Waals surface area contributed by atoms with Crippen molar-refractivity contribution in [2.45, 2.75) is 4.90 Å². The van der Waals surface area contributed by atoms with Gasteiger partial charge in [0.15, 0.2) is 0 Å². The van der Waals surface area contributed by atoms with E-state index in [4.69, 9.17) is 5.73 Å². The number of nitrogens with two attached hydrogens (primary N) is 1. The Labute approximate surface area is 84.1 Å². The summed E-state index contributed by atoms with van der Waals surface area (Å²) in [6.07, 6.45) is 0. The van der Waals surface area contributed by atoms with E-state index in [2.05, 4.69) is 10.3 Å². The van der Waals surface area contributed by atoms with Gasteiger partial charge in [-0.1, -0.05) is 0 Å². The van der Waals surface area contributed by atoms with E-state index in [1.54, 1.807) is 6.07 Å². The van der Waals surface area contributed by atoms with Gasteiger partial charge in [0.2, 0.25) is 5.12 Å². The van der Waals surface area contributed by atoms with Gasteiger partial charge in [0, 0.05) is 0 Å². The third-order valence-corrected chi connectivity index (χ3v) is 2.66. The normalized spacial score (nSPS) is 14.4. The lowest BCUT2D eigenvalue weighted by Gasteiger charge is -2.14. The van der Waals surface area contributed by atoms with Gasteiger partial charge < -0.3 is 11.1 Å². The summed E-state index contributed by atoms with van der Waals surface area (Å²) in [6.45, 7) is 0.229. The van der Waals surface area contributed by atoms with Crippen LogP contribution in [0.2, 0.25) is 0 Å². The molecule has 2 heterocycles. The summed E-state index contributed by atoms with van der Waals surface area (Å²) < 4.78 is 0. The maximum atomic E-state index is 11.0. The molecule has 0 atom stereocenters. The molecule has 1 aromatic rings. The average molecular weight is 209 g/mol. The number of hydrogen-bond donors (Lipinski definition) is 2. The number of nitrogens with one attached hydrogen (secondary N) is 1. The first-order chi connectivity index (χ1) is 6.66. The molecule has 0 bridgehead atoms. The molecule has 0 radical (unpaired) electrons. The highest BCUT2D eigenvalue weighted by atomic mass is 32.2. The molecule has 5 nitrogen and oxygen atoms in total. The number of rotatable bonds is 1. The highest BCUT2D eigenvalue weighted by molar-refractivity contribution is 8.14. The number of primary amides is 1. The van der Waals surface area contributed by atoms with Gasteiger partial charge in [0.05, 0.1) is 11.4 Å². The van der Waals surface area contributed by atoms with Crippen molar-refractivity contribution in [2.24, 2.45) is 5.73 Å². The Balaban J connectivity index is 2.41. The summed E-state index contributed by atoms with van der Waals surface area (Å²) >= 11 is 1.12. The molecule has 2 rings (SSSR count). The SMILES string of the molecule is NC(=O)c1ccc2c(n1)NCC(=O)S2. The van der Waals surface area contributed by atoms with Crippen LogP contribution in [0.5, 0.6) is 0 Å². The number of amides is 1. The molecular weight excluding hydrogens is 202 g/mol. The van der Waals surface area contributed by atoms with Crippen LogP contribution in [0.15, 0.2) is 17.0 Å². The van der Waals surface area contributed by atoms with Crippen molar-refractivity contribution in [1.29, 1.82) is 0 Å². The Hall–Kier alpha value is -1.56. The average Bonchev–Trinajstić information content (AvgIpc) is 2.16. The first-order valence-electron chi connectivity index (χ1n) is 3.92. The minimum Gasteiger partial charge on any atom is -0.364 e. The summed E-state index contributed by atoms with van der Waals surface area (Å²) in [5.74, 6) is -0.0256. The lowest BCUT2D eigenvalue weighted by atomic mass is 10.3. The zero-order valence-corrected chi connectivity index (χ0v) is 7.93. The topological polar surface area (TPSA) is 85.1 Å². The molecule has 1 aliphatic rings. The van der Waals surface area contributed by atoms with Gasteiger partial charge >= 0.3 is 0 Å². The molecule has 72 valence electrons. The van der Waals surface area contributed by atoms with Crippen molar-refractivity contribution in [2.75, 3.05) is 11.9 Å². The number of hydrogen-bond acceptors (Lipinski definition) is 5. The van der Waals surface area contributed by atoms with Crippen LogP contribution in [0.25, 0.3) is 0 Å². The molecule has 1 aromatic heterocycles. The van der Waals surface area contributed by atoms with Gasteiger partial charge in [0.1, 0.15) is 11.5 Å². The molecule has 3 N–H and O–H groups in total. The molecule has 0 saturated carbocycles. The van der Waals surface area contributed by atoms with Crippen molar-refractivity contribution >= 4 is 28.6 Å². The minimum atomic E-state index is -0.573. The molecule has 14 heavy (non-hydrogen) atoms. The Morgan fingerprint density at radius 3 is 3.07 bits per heavy atom. The number of anilines is 1. The van der Waals surface area contributed by atoms with Crippen molar-refractivity contribution in [1.82, 2.24) is 4.98 Å². The number of fused-ring (bicyclic) bond motifs is 1. The second-order valence-electron chi connectivity index (χ2n) is 2.74. The fourth-order valence-corrected chi connectivity index (χ4v) is 1.85. The maximum absolute atomic E-state index is 11.0. The fraction of sp³-hybridized carbons (Fsp3) is 0.125. The van der Waals surface area contributed by atoms with Crippen LogP contribution in [0.1, 0.15) is 10.5 Å². The molecule has 0 spiro atoms. The summed E-state index contributed by atoms with van der Waals surface area (Å²) in [5, 5.41) is 2.85. The molecule has 1 aliphatic heterocycles. The lowest BCUT2D eigenvalue weighted by molar-refractivity contribution is -0.109. The maximum Gasteiger partial charge on any atom is 0.267 e. The van der Waals surface area contributed by atoms with Crippen LogP contribution in [0, 0.1) is 0 Å². The van der Waals surface area contributed by atoms with E-state index in [-0.39, 0.29) is 17.4 Å². The van der Waals surface area contributed by atoms with Gasteiger partial charge in [-0.25, -0.2) is 4.98 Å². The van der Waals surface area contributed by atoms with E-state index >= 15 is 0 Å². The Kier molecular flexibility index (Phi) is 2.12. The zero-order valence-electron chi connectivity index (χ0n) is 7.11. The third-order valence-electron chi connectivity index (χ3n) is 1.73. The van der Waals surface area contributed by atoms with E-state index in [0.29, 0.717) is 5.82 Å². The monoisotopic (exact) mass is 209 g/mol. The zero-order chi connectivity index (χ0) is 10.1. The Morgan fingerprint density at radius 1 is 1.57 bits per heavy atom. The van der Waals surface area contributed by atoms with E-state index in [0.717, 1.165) is 16.7 Å². The number of carbonyl (C=O) groups is 2. The minimum absolute atomic E-state index is 0.0334. The molecular formula is C8H7N3O2S. The molecule has 0 aromatic carbocycles. The first-order valence-corrected chi connectivity index (χ1v) is 4.74. The largest absolute Gasteiger partial charge is 0.364 e. The number of aromatic nitrogens is 1. The molecule has 1 amide bonds. The summed E-state index contributed by atoms with van der Waals surface area (Å²) in [6, 6.07) is 3.17. The van der Waals surface area contributed by atoms with Crippen molar-refractivity contribution < 1.29 is 9.59 Å². The smallest absolute Gasteiger partial charge is 0.267 e. The van der Waals surface area contributed by atoms with E-state index < -0.39 is 5.91 Å². The predicted molar refractivity (Wildman–Crippen MR) is 52.1 cm³/mol. The number of thioether (sulfide) groups is 1. The van der Waals surface area contributed by atoms with Crippen molar-refractivity contribution in [3.63, 3.8) is 0 Å². The summed E-state index contributed by atoms with van der Waals surface area (Å²) in [7, 11) is 0. The quantitative estimate of drug-likeness (QED) is 0.691. The standard InChI is InChI=1S/C8H7N3O2S/c9-7(13)4-1-2-5-8(11-4)10-3-6(12)14-5/h1-2H,3H2,(H2,9,13)(H,10,11). The van der Waals surface area contributed by atoms with Crippen LogP contribution in [0.3, 0.4) is 0 Å². The Bertz CT molecular complexity index is 419.